The van der Waals surface area contributed by atoms with Crippen molar-refractivity contribution in [1.82, 2.24) is 4.98 Å². The van der Waals surface area contributed by atoms with Crippen LogP contribution in [0.3, 0.4) is 0 Å². The number of rotatable bonds is 7. The van der Waals surface area contributed by atoms with E-state index in [1.165, 1.54) is 44.7 Å². The number of carbonyl (C=O) groups excluding carboxylic acids is 1. The van der Waals surface area contributed by atoms with Crippen molar-refractivity contribution in [1.29, 1.82) is 0 Å². The van der Waals surface area contributed by atoms with Gasteiger partial charge in [-0.3, -0.25) is 4.98 Å². The molecule has 37 heavy (non-hydrogen) atoms. The summed E-state index contributed by atoms with van der Waals surface area (Å²) in [6, 6.07) is 12.5. The molecule has 2 amide bonds. The minimum absolute atomic E-state index is 0.0104. The third-order valence-corrected chi connectivity index (χ3v) is 4.95. The third kappa shape index (κ3) is 6.28. The second kappa shape index (κ2) is 10.5. The van der Waals surface area contributed by atoms with Gasteiger partial charge in [0.15, 0.2) is 11.5 Å². The smallest absolute Gasteiger partial charge is 0.493 e. The average Bonchev–Trinajstić information content (AvgIpc) is 2.84. The van der Waals surface area contributed by atoms with Crippen molar-refractivity contribution in [2.45, 2.75) is 6.36 Å². The minimum Gasteiger partial charge on any atom is -0.493 e. The first-order chi connectivity index (χ1) is 17.6. The Balaban J connectivity index is 1.47. The number of ether oxygens (including phenoxy) is 4. The second-order valence-electron chi connectivity index (χ2n) is 7.43. The highest BCUT2D eigenvalue weighted by molar-refractivity contribution is 6.00. The number of methoxy groups -OCH3 is 2. The van der Waals surface area contributed by atoms with Crippen LogP contribution in [0.25, 0.3) is 10.9 Å². The van der Waals surface area contributed by atoms with Gasteiger partial charge in [-0.05, 0) is 36.4 Å². The molecular formula is C25H19F4N3O5. The van der Waals surface area contributed by atoms with Crippen molar-refractivity contribution in [3.63, 3.8) is 0 Å². The molecule has 0 aliphatic carbocycles. The highest BCUT2D eigenvalue weighted by Gasteiger charge is 2.31. The first kappa shape index (κ1) is 25.4. The standard InChI is InChI=1S/C25H19F4N3O5/c1-34-22-12-17-20(13-23(22)35-2)30-9-8-21(17)36-15-6-7-19(18(26)11-15)32-24(33)31-14-4-3-5-16(10-14)37-25(27,28)29/h3-13H,1-2H3,(H2,31,32,33). The molecule has 0 aliphatic rings. The Morgan fingerprint density at radius 2 is 1.62 bits per heavy atom. The van der Waals surface area contributed by atoms with Gasteiger partial charge in [-0.2, -0.15) is 0 Å². The normalized spacial score (nSPS) is 11.1. The number of urea groups is 1. The number of pyridine rings is 1. The molecule has 0 unspecified atom stereocenters. The van der Waals surface area contributed by atoms with Crippen LogP contribution in [-0.4, -0.2) is 31.6 Å². The van der Waals surface area contributed by atoms with E-state index < -0.39 is 24.0 Å². The Labute approximate surface area is 207 Å². The third-order valence-electron chi connectivity index (χ3n) is 4.95. The van der Waals surface area contributed by atoms with Gasteiger partial charge in [0, 0.05) is 35.5 Å². The molecule has 0 radical (unpaired) electrons. The maximum absolute atomic E-state index is 14.7. The molecule has 12 heteroatoms. The van der Waals surface area contributed by atoms with Crippen molar-refractivity contribution in [3.8, 4) is 28.7 Å². The summed E-state index contributed by atoms with van der Waals surface area (Å²) in [4.78, 5) is 16.5. The van der Waals surface area contributed by atoms with Crippen LogP contribution in [0.1, 0.15) is 0 Å². The number of anilines is 2. The first-order valence-corrected chi connectivity index (χ1v) is 10.6. The largest absolute Gasteiger partial charge is 0.573 e. The van der Waals surface area contributed by atoms with Crippen LogP contribution >= 0.6 is 0 Å². The summed E-state index contributed by atoms with van der Waals surface area (Å²) in [7, 11) is 2.99. The van der Waals surface area contributed by atoms with E-state index in [1.807, 2.05) is 0 Å². The van der Waals surface area contributed by atoms with Gasteiger partial charge in [0.2, 0.25) is 0 Å². The average molecular weight is 517 g/mol. The van der Waals surface area contributed by atoms with Crippen LogP contribution in [0.15, 0.2) is 66.9 Å². The fraction of sp³-hybridized carbons (Fsp3) is 0.120. The number of hydrogen-bond acceptors (Lipinski definition) is 6. The number of nitrogens with one attached hydrogen (secondary N) is 2. The van der Waals surface area contributed by atoms with Crippen molar-refractivity contribution in [2.24, 2.45) is 0 Å². The van der Waals surface area contributed by atoms with E-state index in [4.69, 9.17) is 14.2 Å². The van der Waals surface area contributed by atoms with Crippen LogP contribution in [0, 0.1) is 5.82 Å². The summed E-state index contributed by atoms with van der Waals surface area (Å²) in [5.41, 5.74) is 0.394. The number of amides is 2. The molecule has 0 spiro atoms. The number of alkyl halides is 3. The van der Waals surface area contributed by atoms with Crippen LogP contribution in [0.5, 0.6) is 28.7 Å². The van der Waals surface area contributed by atoms with E-state index in [0.29, 0.717) is 28.2 Å². The lowest BCUT2D eigenvalue weighted by Gasteiger charge is -2.13. The van der Waals surface area contributed by atoms with Gasteiger partial charge in [-0.15, -0.1) is 13.2 Å². The molecular weight excluding hydrogens is 498 g/mol. The van der Waals surface area contributed by atoms with E-state index in [2.05, 4.69) is 20.4 Å². The molecule has 4 rings (SSSR count). The topological polar surface area (TPSA) is 90.9 Å². The zero-order valence-corrected chi connectivity index (χ0v) is 19.4. The zero-order valence-electron chi connectivity index (χ0n) is 19.4. The maximum atomic E-state index is 14.7. The van der Waals surface area contributed by atoms with E-state index in [1.54, 1.807) is 18.2 Å². The first-order valence-electron chi connectivity index (χ1n) is 10.6. The number of carbonyl (C=O) groups is 1. The summed E-state index contributed by atoms with van der Waals surface area (Å²) < 4.78 is 72.1. The van der Waals surface area contributed by atoms with Gasteiger partial charge in [-0.1, -0.05) is 6.07 Å². The number of nitrogens with zero attached hydrogens (tertiary/aromatic N) is 1. The van der Waals surface area contributed by atoms with Gasteiger partial charge >= 0.3 is 12.4 Å². The highest BCUT2D eigenvalue weighted by atomic mass is 19.4. The van der Waals surface area contributed by atoms with Crippen molar-refractivity contribution in [3.05, 3.63) is 72.7 Å². The van der Waals surface area contributed by atoms with Gasteiger partial charge in [0.05, 0.1) is 25.4 Å². The van der Waals surface area contributed by atoms with Crippen molar-refractivity contribution < 1.29 is 41.3 Å². The lowest BCUT2D eigenvalue weighted by molar-refractivity contribution is -0.274. The Morgan fingerprint density at radius 3 is 2.32 bits per heavy atom. The summed E-state index contributed by atoms with van der Waals surface area (Å²) in [5.74, 6) is 0.142. The van der Waals surface area contributed by atoms with Crippen molar-refractivity contribution >= 4 is 28.3 Å². The Kier molecular flexibility index (Phi) is 7.18. The predicted octanol–water partition coefficient (Wildman–Crippen LogP) is 6.73. The fourth-order valence-corrected chi connectivity index (χ4v) is 3.38. The number of halogens is 4. The molecule has 2 N–H and O–H groups in total. The summed E-state index contributed by atoms with van der Waals surface area (Å²) in [6.45, 7) is 0. The van der Waals surface area contributed by atoms with Gasteiger partial charge in [0.25, 0.3) is 0 Å². The van der Waals surface area contributed by atoms with E-state index >= 15 is 0 Å². The SMILES string of the molecule is COc1cc2nccc(Oc3ccc(NC(=O)Nc4cccc(OC(F)(F)F)c4)c(F)c3)c2cc1OC. The maximum Gasteiger partial charge on any atom is 0.573 e. The molecule has 1 aromatic heterocycles. The number of benzene rings is 3. The molecule has 0 fully saturated rings. The molecule has 0 saturated heterocycles. The van der Waals surface area contributed by atoms with Crippen LogP contribution in [0.2, 0.25) is 0 Å². The summed E-state index contributed by atoms with van der Waals surface area (Å²) in [5, 5.41) is 5.20. The summed E-state index contributed by atoms with van der Waals surface area (Å²) in [6.07, 6.45) is -3.36. The molecule has 0 atom stereocenters. The molecule has 0 bridgehead atoms. The zero-order chi connectivity index (χ0) is 26.6. The highest BCUT2D eigenvalue weighted by Crippen LogP contribution is 2.37. The van der Waals surface area contributed by atoms with E-state index in [-0.39, 0.29) is 17.1 Å². The fourth-order valence-electron chi connectivity index (χ4n) is 3.38. The molecule has 0 saturated carbocycles. The van der Waals surface area contributed by atoms with Crippen LogP contribution in [-0.2, 0) is 0 Å². The molecule has 1 heterocycles. The van der Waals surface area contributed by atoms with Crippen molar-refractivity contribution in [2.75, 3.05) is 24.9 Å². The number of aromatic nitrogens is 1. The minimum atomic E-state index is -4.88. The Bertz CT molecular complexity index is 1450. The predicted molar refractivity (Wildman–Crippen MR) is 127 cm³/mol. The molecule has 4 aromatic rings. The Hall–Kier alpha value is -4.74. The molecule has 8 nitrogen and oxygen atoms in total. The van der Waals surface area contributed by atoms with Gasteiger partial charge < -0.3 is 29.6 Å². The van der Waals surface area contributed by atoms with Gasteiger partial charge in [0.1, 0.15) is 23.1 Å². The summed E-state index contributed by atoms with van der Waals surface area (Å²) >= 11 is 0. The Morgan fingerprint density at radius 1 is 0.865 bits per heavy atom. The number of hydrogen-bond donors (Lipinski definition) is 2. The quantitative estimate of drug-likeness (QED) is 0.264. The lowest BCUT2D eigenvalue weighted by atomic mass is 10.2. The van der Waals surface area contributed by atoms with E-state index in [0.717, 1.165) is 18.2 Å². The molecule has 3 aromatic carbocycles. The van der Waals surface area contributed by atoms with Crippen LogP contribution in [0.4, 0.5) is 33.7 Å². The monoisotopic (exact) mass is 517 g/mol. The van der Waals surface area contributed by atoms with Gasteiger partial charge in [-0.25, -0.2) is 9.18 Å². The second-order valence-corrected chi connectivity index (χ2v) is 7.43. The lowest BCUT2D eigenvalue weighted by Crippen LogP contribution is -2.20. The number of fused-ring (bicyclic) bond motifs is 1. The molecule has 192 valence electrons. The molecule has 0 aliphatic heterocycles. The van der Waals surface area contributed by atoms with Crippen LogP contribution < -0.4 is 29.6 Å². The van der Waals surface area contributed by atoms with E-state index in [9.17, 15) is 22.4 Å².